The van der Waals surface area contributed by atoms with Gasteiger partial charge in [0.2, 0.25) is 5.91 Å². The highest BCUT2D eigenvalue weighted by Crippen LogP contribution is 2.37. The van der Waals surface area contributed by atoms with Crippen molar-refractivity contribution in [3.05, 3.63) is 63.7 Å². The molecule has 0 radical (unpaired) electrons. The Balaban J connectivity index is 1.55. The quantitative estimate of drug-likeness (QED) is 0.676. The third kappa shape index (κ3) is 3.03. The second-order valence-corrected chi connectivity index (χ2v) is 6.62. The van der Waals surface area contributed by atoms with Gasteiger partial charge in [0.1, 0.15) is 0 Å². The summed E-state index contributed by atoms with van der Waals surface area (Å²) in [5.74, 6) is -0.123. The molecule has 2 aliphatic rings. The van der Waals surface area contributed by atoms with Crippen molar-refractivity contribution < 1.29 is 14.5 Å². The van der Waals surface area contributed by atoms with Crippen molar-refractivity contribution in [2.24, 2.45) is 5.92 Å². The van der Waals surface area contributed by atoms with Crippen LogP contribution in [0.4, 0.5) is 17.1 Å². The Bertz CT molecular complexity index is 921. The van der Waals surface area contributed by atoms with E-state index in [1.165, 1.54) is 24.3 Å². The monoisotopic (exact) mass is 351 g/mol. The van der Waals surface area contributed by atoms with Gasteiger partial charge in [-0.05, 0) is 43.0 Å². The lowest BCUT2D eigenvalue weighted by Gasteiger charge is -2.18. The smallest absolute Gasteiger partial charge is 0.270 e. The van der Waals surface area contributed by atoms with Gasteiger partial charge in [-0.2, -0.15) is 0 Å². The van der Waals surface area contributed by atoms with Crippen LogP contribution in [0.1, 0.15) is 28.8 Å². The van der Waals surface area contributed by atoms with E-state index in [1.807, 2.05) is 6.07 Å². The molecule has 0 atom stereocenters. The maximum absolute atomic E-state index is 12.4. The average Bonchev–Trinajstić information content (AvgIpc) is 3.41. The third-order valence-corrected chi connectivity index (χ3v) is 4.75. The van der Waals surface area contributed by atoms with E-state index >= 15 is 0 Å². The first-order valence-electron chi connectivity index (χ1n) is 8.53. The van der Waals surface area contributed by atoms with Crippen LogP contribution in [-0.2, 0) is 11.2 Å². The second kappa shape index (κ2) is 6.25. The summed E-state index contributed by atoms with van der Waals surface area (Å²) in [6, 6.07) is 11.1. The van der Waals surface area contributed by atoms with Gasteiger partial charge in [0.25, 0.3) is 11.6 Å². The molecule has 1 saturated carbocycles. The SMILES string of the molecule is O=C(Nc1ccc2c(c1)N(C(=O)C1CC1)CC2)c1cccc([N+](=O)[O-])c1. The minimum atomic E-state index is -0.534. The van der Waals surface area contributed by atoms with E-state index < -0.39 is 10.8 Å². The molecule has 1 N–H and O–H groups in total. The normalized spacial score (nSPS) is 15.5. The zero-order valence-corrected chi connectivity index (χ0v) is 14.0. The molecule has 2 amide bonds. The summed E-state index contributed by atoms with van der Waals surface area (Å²) in [5, 5.41) is 13.6. The average molecular weight is 351 g/mol. The van der Waals surface area contributed by atoms with Crippen LogP contribution in [0.15, 0.2) is 42.5 Å². The van der Waals surface area contributed by atoms with Crippen LogP contribution < -0.4 is 10.2 Å². The first kappa shape index (κ1) is 16.3. The molecule has 0 saturated heterocycles. The Morgan fingerprint density at radius 2 is 1.96 bits per heavy atom. The van der Waals surface area contributed by atoms with Crippen molar-refractivity contribution in [1.82, 2.24) is 0 Å². The number of benzene rings is 2. The topological polar surface area (TPSA) is 92.6 Å². The van der Waals surface area contributed by atoms with Crippen LogP contribution in [0.5, 0.6) is 0 Å². The number of nitro benzene ring substituents is 1. The standard InChI is InChI=1S/C19H17N3O4/c23-18(14-2-1-3-16(10-14)22(25)26)20-15-7-6-12-8-9-21(17(12)11-15)19(24)13-4-5-13/h1-3,6-7,10-11,13H,4-5,8-9H2,(H,20,23). The van der Waals surface area contributed by atoms with Crippen LogP contribution in [0, 0.1) is 16.0 Å². The molecule has 2 aromatic carbocycles. The summed E-state index contributed by atoms with van der Waals surface area (Å²) < 4.78 is 0. The Hall–Kier alpha value is -3.22. The van der Waals surface area contributed by atoms with E-state index in [0.29, 0.717) is 12.2 Å². The van der Waals surface area contributed by atoms with Crippen LogP contribution in [0.25, 0.3) is 0 Å². The van der Waals surface area contributed by atoms with Gasteiger partial charge in [-0.25, -0.2) is 0 Å². The number of nitrogens with one attached hydrogen (secondary N) is 1. The van der Waals surface area contributed by atoms with Crippen molar-refractivity contribution in [3.8, 4) is 0 Å². The fourth-order valence-corrected chi connectivity index (χ4v) is 3.20. The number of carbonyl (C=O) groups excluding carboxylic acids is 2. The first-order valence-corrected chi connectivity index (χ1v) is 8.53. The molecule has 1 fully saturated rings. The van der Waals surface area contributed by atoms with Gasteiger partial charge < -0.3 is 10.2 Å². The number of fused-ring (bicyclic) bond motifs is 1. The summed E-state index contributed by atoms with van der Waals surface area (Å²) in [4.78, 5) is 36.9. The van der Waals surface area contributed by atoms with Crippen molar-refractivity contribution in [3.63, 3.8) is 0 Å². The number of hydrogen-bond donors (Lipinski definition) is 1. The summed E-state index contributed by atoms with van der Waals surface area (Å²) in [5.41, 5.74) is 2.58. The van der Waals surface area contributed by atoms with Crippen molar-refractivity contribution in [1.29, 1.82) is 0 Å². The Morgan fingerprint density at radius 1 is 1.15 bits per heavy atom. The summed E-state index contributed by atoms with van der Waals surface area (Å²) in [6.45, 7) is 0.674. The number of nitro groups is 1. The van der Waals surface area contributed by atoms with Crippen molar-refractivity contribution in [2.45, 2.75) is 19.3 Å². The minimum absolute atomic E-state index is 0.132. The summed E-state index contributed by atoms with van der Waals surface area (Å²) >= 11 is 0. The zero-order chi connectivity index (χ0) is 18.3. The van der Waals surface area contributed by atoms with Crippen LogP contribution in [-0.4, -0.2) is 23.3 Å². The van der Waals surface area contributed by atoms with Crippen LogP contribution in [0.2, 0.25) is 0 Å². The molecule has 0 aromatic heterocycles. The molecular weight excluding hydrogens is 334 g/mol. The second-order valence-electron chi connectivity index (χ2n) is 6.62. The predicted octanol–water partition coefficient (Wildman–Crippen LogP) is 3.15. The van der Waals surface area contributed by atoms with Gasteiger partial charge in [0, 0.05) is 41.5 Å². The maximum Gasteiger partial charge on any atom is 0.270 e. The highest BCUT2D eigenvalue weighted by atomic mass is 16.6. The highest BCUT2D eigenvalue weighted by Gasteiger charge is 2.36. The molecule has 4 rings (SSSR count). The van der Waals surface area contributed by atoms with Gasteiger partial charge in [0.05, 0.1) is 4.92 Å². The van der Waals surface area contributed by atoms with E-state index in [2.05, 4.69) is 5.32 Å². The molecule has 1 aliphatic heterocycles. The molecule has 7 heteroatoms. The lowest BCUT2D eigenvalue weighted by atomic mass is 10.1. The molecule has 26 heavy (non-hydrogen) atoms. The van der Waals surface area contributed by atoms with Crippen LogP contribution in [0.3, 0.4) is 0 Å². The number of non-ortho nitro benzene ring substituents is 1. The van der Waals surface area contributed by atoms with E-state index in [-0.39, 0.29) is 23.1 Å². The zero-order valence-electron chi connectivity index (χ0n) is 14.0. The number of carbonyl (C=O) groups is 2. The number of hydrogen-bond acceptors (Lipinski definition) is 4. The summed E-state index contributed by atoms with van der Waals surface area (Å²) in [7, 11) is 0. The Morgan fingerprint density at radius 3 is 2.69 bits per heavy atom. The van der Waals surface area contributed by atoms with Crippen molar-refractivity contribution >= 4 is 28.9 Å². The van der Waals surface area contributed by atoms with E-state index in [0.717, 1.165) is 30.5 Å². The minimum Gasteiger partial charge on any atom is -0.322 e. The largest absolute Gasteiger partial charge is 0.322 e. The Kier molecular flexibility index (Phi) is 3.91. The number of nitrogens with zero attached hydrogens (tertiary/aromatic N) is 2. The molecule has 2 aromatic rings. The maximum atomic E-state index is 12.4. The lowest BCUT2D eigenvalue weighted by molar-refractivity contribution is -0.384. The van der Waals surface area contributed by atoms with Gasteiger partial charge in [-0.1, -0.05) is 12.1 Å². The number of anilines is 2. The molecule has 1 heterocycles. The van der Waals surface area contributed by atoms with Gasteiger partial charge in [0.15, 0.2) is 0 Å². The molecule has 0 unspecified atom stereocenters. The van der Waals surface area contributed by atoms with E-state index in [1.54, 1.807) is 17.0 Å². The fourth-order valence-electron chi connectivity index (χ4n) is 3.20. The number of amides is 2. The molecule has 0 bridgehead atoms. The van der Waals surface area contributed by atoms with E-state index in [9.17, 15) is 19.7 Å². The fraction of sp³-hybridized carbons (Fsp3) is 0.263. The van der Waals surface area contributed by atoms with Gasteiger partial charge in [-0.3, -0.25) is 19.7 Å². The van der Waals surface area contributed by atoms with Crippen molar-refractivity contribution in [2.75, 3.05) is 16.8 Å². The first-order chi connectivity index (χ1) is 12.5. The molecule has 1 aliphatic carbocycles. The van der Waals surface area contributed by atoms with Gasteiger partial charge >= 0.3 is 0 Å². The molecule has 7 nitrogen and oxygen atoms in total. The summed E-state index contributed by atoms with van der Waals surface area (Å²) in [6.07, 6.45) is 2.72. The van der Waals surface area contributed by atoms with Gasteiger partial charge in [-0.15, -0.1) is 0 Å². The molecular formula is C19H17N3O4. The highest BCUT2D eigenvalue weighted by molar-refractivity contribution is 6.05. The molecule has 0 spiro atoms. The van der Waals surface area contributed by atoms with Crippen LogP contribution >= 0.6 is 0 Å². The number of rotatable bonds is 4. The predicted molar refractivity (Wildman–Crippen MR) is 96.3 cm³/mol. The molecule has 132 valence electrons. The van der Waals surface area contributed by atoms with E-state index in [4.69, 9.17) is 0 Å². The Labute approximate surface area is 149 Å². The lowest BCUT2D eigenvalue weighted by Crippen LogP contribution is -2.30. The third-order valence-electron chi connectivity index (χ3n) is 4.75.